The highest BCUT2D eigenvalue weighted by Crippen LogP contribution is 2.25. The van der Waals surface area contributed by atoms with Crippen LogP contribution in [-0.4, -0.2) is 24.2 Å². The quantitative estimate of drug-likeness (QED) is 0.746. The number of rotatable bonds is 3. The second-order valence-corrected chi connectivity index (χ2v) is 7.30. The van der Waals surface area contributed by atoms with Crippen LogP contribution in [0.4, 0.5) is 0 Å². The zero-order valence-corrected chi connectivity index (χ0v) is 13.2. The lowest BCUT2D eigenvalue weighted by molar-refractivity contribution is 0.602. The van der Waals surface area contributed by atoms with E-state index in [1.54, 1.807) is 18.3 Å². The van der Waals surface area contributed by atoms with Gasteiger partial charge in [0.05, 0.1) is 22.5 Å². The van der Waals surface area contributed by atoms with Crippen LogP contribution in [0.1, 0.15) is 5.56 Å². The van der Waals surface area contributed by atoms with E-state index < -0.39 is 9.84 Å². The monoisotopic (exact) mass is 312 g/mol. The Labute approximate surface area is 130 Å². The fraction of sp³-hybridized carbons (Fsp3) is 0.118. The van der Waals surface area contributed by atoms with Gasteiger partial charge < -0.3 is 4.57 Å². The molecule has 0 aliphatic heterocycles. The lowest BCUT2D eigenvalue weighted by atomic mass is 10.1. The molecule has 0 atom stereocenters. The van der Waals surface area contributed by atoms with Gasteiger partial charge in [-0.25, -0.2) is 8.42 Å². The lowest BCUT2D eigenvalue weighted by Crippen LogP contribution is -1.98. The standard InChI is InChI=1S/C17H16N2O2S/c1-13-10-15(12-18-11-13)19-9-3-4-17(19)14-5-7-16(8-6-14)22(2,20)21/h3-12H,1-2H3. The van der Waals surface area contributed by atoms with E-state index in [1.807, 2.05) is 48.1 Å². The van der Waals surface area contributed by atoms with Crippen LogP contribution in [0.3, 0.4) is 0 Å². The van der Waals surface area contributed by atoms with Gasteiger partial charge in [-0.15, -0.1) is 0 Å². The van der Waals surface area contributed by atoms with Crippen molar-refractivity contribution in [3.63, 3.8) is 0 Å². The molecule has 0 N–H and O–H groups in total. The smallest absolute Gasteiger partial charge is 0.175 e. The number of hydrogen-bond acceptors (Lipinski definition) is 3. The average molecular weight is 312 g/mol. The second-order valence-electron chi connectivity index (χ2n) is 5.28. The van der Waals surface area contributed by atoms with Crippen LogP contribution < -0.4 is 0 Å². The molecule has 2 heterocycles. The summed E-state index contributed by atoms with van der Waals surface area (Å²) in [7, 11) is -3.17. The molecule has 0 saturated carbocycles. The second kappa shape index (κ2) is 5.42. The number of benzene rings is 1. The molecule has 0 aliphatic rings. The van der Waals surface area contributed by atoms with Crippen molar-refractivity contribution in [1.29, 1.82) is 0 Å². The summed E-state index contributed by atoms with van der Waals surface area (Å²) in [6.07, 6.45) is 6.80. The lowest BCUT2D eigenvalue weighted by Gasteiger charge is -2.10. The topological polar surface area (TPSA) is 52.0 Å². The molecule has 0 fully saturated rings. The Morgan fingerprint density at radius 3 is 2.41 bits per heavy atom. The SMILES string of the molecule is Cc1cncc(-n2cccc2-c2ccc(S(C)(=O)=O)cc2)c1. The van der Waals surface area contributed by atoms with Gasteiger partial charge in [0, 0.05) is 18.6 Å². The third-order valence-corrected chi connectivity index (χ3v) is 4.59. The summed E-state index contributed by atoms with van der Waals surface area (Å²) in [5, 5.41) is 0. The molecular formula is C17H16N2O2S. The summed E-state index contributed by atoms with van der Waals surface area (Å²) in [6.45, 7) is 2.00. The minimum absolute atomic E-state index is 0.326. The van der Waals surface area contributed by atoms with Gasteiger partial charge in [0.1, 0.15) is 0 Å². The van der Waals surface area contributed by atoms with Crippen molar-refractivity contribution in [3.8, 4) is 16.9 Å². The van der Waals surface area contributed by atoms with E-state index in [2.05, 4.69) is 11.1 Å². The van der Waals surface area contributed by atoms with Crippen LogP contribution in [0, 0.1) is 6.92 Å². The highest BCUT2D eigenvalue weighted by Gasteiger charge is 2.10. The molecule has 0 radical (unpaired) electrons. The summed E-state index contributed by atoms with van der Waals surface area (Å²) in [5.74, 6) is 0. The Bertz CT molecular complexity index is 910. The van der Waals surface area contributed by atoms with Crippen LogP contribution in [0.15, 0.2) is 66.0 Å². The zero-order chi connectivity index (χ0) is 15.7. The van der Waals surface area contributed by atoms with Gasteiger partial charge >= 0.3 is 0 Å². The molecule has 112 valence electrons. The first-order valence-electron chi connectivity index (χ1n) is 6.85. The number of hydrogen-bond donors (Lipinski definition) is 0. The molecule has 0 bridgehead atoms. The molecule has 2 aromatic heterocycles. The summed E-state index contributed by atoms with van der Waals surface area (Å²) >= 11 is 0. The van der Waals surface area contributed by atoms with Crippen LogP contribution >= 0.6 is 0 Å². The molecule has 0 spiro atoms. The first-order valence-corrected chi connectivity index (χ1v) is 8.74. The fourth-order valence-electron chi connectivity index (χ4n) is 2.38. The van der Waals surface area contributed by atoms with E-state index in [9.17, 15) is 8.42 Å². The van der Waals surface area contributed by atoms with Crippen molar-refractivity contribution in [3.05, 3.63) is 66.6 Å². The highest BCUT2D eigenvalue weighted by atomic mass is 32.2. The van der Waals surface area contributed by atoms with E-state index in [0.717, 1.165) is 22.5 Å². The maximum Gasteiger partial charge on any atom is 0.175 e. The Hall–Kier alpha value is -2.40. The minimum atomic E-state index is -3.17. The first-order chi connectivity index (χ1) is 10.4. The summed E-state index contributed by atoms with van der Waals surface area (Å²) in [5.41, 5.74) is 4.02. The predicted molar refractivity (Wildman–Crippen MR) is 86.8 cm³/mol. The molecule has 3 rings (SSSR count). The molecule has 0 aliphatic carbocycles. The Morgan fingerprint density at radius 2 is 1.77 bits per heavy atom. The van der Waals surface area contributed by atoms with Gasteiger partial charge in [-0.2, -0.15) is 0 Å². The molecule has 3 aromatic rings. The van der Waals surface area contributed by atoms with Crippen molar-refractivity contribution >= 4 is 9.84 Å². The molecule has 0 unspecified atom stereocenters. The van der Waals surface area contributed by atoms with E-state index >= 15 is 0 Å². The van der Waals surface area contributed by atoms with Crippen molar-refractivity contribution in [2.45, 2.75) is 11.8 Å². The molecule has 1 aromatic carbocycles. The van der Waals surface area contributed by atoms with Gasteiger partial charge in [-0.1, -0.05) is 12.1 Å². The van der Waals surface area contributed by atoms with Crippen molar-refractivity contribution < 1.29 is 8.42 Å². The average Bonchev–Trinajstić information content (AvgIpc) is 2.96. The Balaban J connectivity index is 2.06. The van der Waals surface area contributed by atoms with E-state index in [4.69, 9.17) is 0 Å². The molecule has 5 heteroatoms. The van der Waals surface area contributed by atoms with Crippen LogP contribution in [0.25, 0.3) is 16.9 Å². The Kier molecular flexibility index (Phi) is 3.58. The maximum absolute atomic E-state index is 11.5. The molecule has 22 heavy (non-hydrogen) atoms. The first kappa shape index (κ1) is 14.5. The fourth-order valence-corrected chi connectivity index (χ4v) is 3.02. The van der Waals surface area contributed by atoms with Crippen LogP contribution in [0.2, 0.25) is 0 Å². The van der Waals surface area contributed by atoms with Crippen LogP contribution in [-0.2, 0) is 9.84 Å². The normalized spacial score (nSPS) is 11.5. The summed E-state index contributed by atoms with van der Waals surface area (Å²) in [6, 6.07) is 12.9. The Morgan fingerprint density at radius 1 is 1.05 bits per heavy atom. The molecule has 0 amide bonds. The summed E-state index contributed by atoms with van der Waals surface area (Å²) < 4.78 is 25.1. The highest BCUT2D eigenvalue weighted by molar-refractivity contribution is 7.90. The van der Waals surface area contributed by atoms with Gasteiger partial charge in [0.25, 0.3) is 0 Å². The molecular weight excluding hydrogens is 296 g/mol. The van der Waals surface area contributed by atoms with Crippen molar-refractivity contribution in [2.75, 3.05) is 6.26 Å². The third-order valence-electron chi connectivity index (χ3n) is 3.47. The zero-order valence-electron chi connectivity index (χ0n) is 12.4. The summed E-state index contributed by atoms with van der Waals surface area (Å²) in [4.78, 5) is 4.55. The van der Waals surface area contributed by atoms with Gasteiger partial charge in [0.15, 0.2) is 9.84 Å². The van der Waals surface area contributed by atoms with Crippen LogP contribution in [0.5, 0.6) is 0 Å². The number of aromatic nitrogens is 2. The number of nitrogens with zero attached hydrogens (tertiary/aromatic N) is 2. The van der Waals surface area contributed by atoms with Gasteiger partial charge in [-0.3, -0.25) is 4.98 Å². The predicted octanol–water partition coefficient (Wildman–Crippen LogP) is 3.25. The van der Waals surface area contributed by atoms with E-state index in [0.29, 0.717) is 4.90 Å². The maximum atomic E-state index is 11.5. The molecule has 4 nitrogen and oxygen atoms in total. The number of aryl methyl sites for hydroxylation is 1. The van der Waals surface area contributed by atoms with Gasteiger partial charge in [-0.05, 0) is 48.4 Å². The minimum Gasteiger partial charge on any atom is -0.315 e. The van der Waals surface area contributed by atoms with E-state index in [-0.39, 0.29) is 0 Å². The molecule has 0 saturated heterocycles. The van der Waals surface area contributed by atoms with E-state index in [1.165, 1.54) is 6.26 Å². The van der Waals surface area contributed by atoms with Crippen molar-refractivity contribution in [1.82, 2.24) is 9.55 Å². The largest absolute Gasteiger partial charge is 0.315 e. The van der Waals surface area contributed by atoms with Crippen molar-refractivity contribution in [2.24, 2.45) is 0 Å². The van der Waals surface area contributed by atoms with Gasteiger partial charge in [0.2, 0.25) is 0 Å². The number of sulfone groups is 1. The number of pyridine rings is 1. The third kappa shape index (κ3) is 2.80.